The van der Waals surface area contributed by atoms with Gasteiger partial charge in [-0.05, 0) is 20.3 Å². The maximum absolute atomic E-state index is 11.7. The van der Waals surface area contributed by atoms with Crippen molar-refractivity contribution in [1.29, 1.82) is 0 Å². The van der Waals surface area contributed by atoms with Crippen LogP contribution in [0, 0.1) is 0 Å². The van der Waals surface area contributed by atoms with Crippen LogP contribution < -0.4 is 0 Å². The molecule has 86 valence electrons. The van der Waals surface area contributed by atoms with Gasteiger partial charge in [0.2, 0.25) is 0 Å². The Morgan fingerprint density at radius 3 is 2.21 bits per heavy atom. The third-order valence-electron chi connectivity index (χ3n) is 1.35. The first-order chi connectivity index (χ1) is 6.68. The Hall–Kier alpha value is 0.0700. The van der Waals surface area contributed by atoms with Crippen LogP contribution in [0.5, 0.6) is 0 Å². The highest BCUT2D eigenvalue weighted by Gasteiger charge is 2.23. The monoisotopic (exact) mass is 226 g/mol. The summed E-state index contributed by atoms with van der Waals surface area (Å²) in [6, 6.07) is 0. The summed E-state index contributed by atoms with van der Waals surface area (Å²) in [4.78, 5) is 0. The van der Waals surface area contributed by atoms with Gasteiger partial charge in [-0.25, -0.2) is 0 Å². The summed E-state index contributed by atoms with van der Waals surface area (Å²) >= 11 is 0. The Morgan fingerprint density at radius 2 is 1.79 bits per heavy atom. The van der Waals surface area contributed by atoms with Crippen LogP contribution in [0.2, 0.25) is 0 Å². The van der Waals surface area contributed by atoms with E-state index in [0.717, 1.165) is 0 Å². The number of hydrogen-bond donors (Lipinski definition) is 1. The molecule has 0 fully saturated rings. The van der Waals surface area contributed by atoms with Gasteiger partial charge in [-0.2, -0.15) is 0 Å². The Kier molecular flexibility index (Phi) is 8.43. The number of ether oxygens (including phenoxy) is 1. The fraction of sp³-hybridized carbons (Fsp3) is 1.00. The summed E-state index contributed by atoms with van der Waals surface area (Å²) in [6.45, 7) is 4.59. The van der Waals surface area contributed by atoms with E-state index in [9.17, 15) is 4.57 Å². The van der Waals surface area contributed by atoms with Gasteiger partial charge >= 0.3 is 7.60 Å². The zero-order chi connectivity index (χ0) is 10.9. The van der Waals surface area contributed by atoms with Crippen molar-refractivity contribution >= 4 is 7.60 Å². The zero-order valence-corrected chi connectivity index (χ0v) is 9.66. The van der Waals surface area contributed by atoms with E-state index in [4.69, 9.17) is 18.9 Å². The van der Waals surface area contributed by atoms with Gasteiger partial charge < -0.3 is 18.9 Å². The third-order valence-corrected chi connectivity index (χ3v) is 3.15. The average Bonchev–Trinajstić information content (AvgIpc) is 2.13. The lowest BCUT2D eigenvalue weighted by Crippen LogP contribution is -2.05. The van der Waals surface area contributed by atoms with Crippen molar-refractivity contribution in [2.45, 2.75) is 20.3 Å². The molecule has 0 radical (unpaired) electrons. The fourth-order valence-corrected chi connectivity index (χ4v) is 2.21. The van der Waals surface area contributed by atoms with Gasteiger partial charge in [-0.1, -0.05) is 0 Å². The quantitative estimate of drug-likeness (QED) is 0.478. The molecule has 0 aliphatic carbocycles. The van der Waals surface area contributed by atoms with E-state index in [1.807, 2.05) is 0 Å². The predicted octanol–water partition coefficient (Wildman–Crippen LogP) is 1.61. The smallest absolute Gasteiger partial charge is 0.356 e. The summed E-state index contributed by atoms with van der Waals surface area (Å²) in [7, 11) is -3.06. The molecular weight excluding hydrogens is 207 g/mol. The summed E-state index contributed by atoms with van der Waals surface area (Å²) in [5.41, 5.74) is 0. The lowest BCUT2D eigenvalue weighted by atomic mass is 10.5. The molecule has 0 aromatic rings. The van der Waals surface area contributed by atoms with Gasteiger partial charge in [0.1, 0.15) is 6.35 Å². The van der Waals surface area contributed by atoms with Crippen LogP contribution >= 0.6 is 7.60 Å². The lowest BCUT2D eigenvalue weighted by Gasteiger charge is -2.16. The van der Waals surface area contributed by atoms with E-state index in [1.165, 1.54) is 0 Å². The van der Waals surface area contributed by atoms with E-state index >= 15 is 0 Å². The second-order valence-corrected chi connectivity index (χ2v) is 4.56. The lowest BCUT2D eigenvalue weighted by molar-refractivity contribution is 0.119. The second kappa shape index (κ2) is 8.38. The van der Waals surface area contributed by atoms with Crippen molar-refractivity contribution in [3.63, 3.8) is 0 Å². The molecule has 0 aliphatic heterocycles. The molecule has 0 aromatic heterocycles. The van der Waals surface area contributed by atoms with Crippen LogP contribution in [0.1, 0.15) is 20.3 Å². The highest BCUT2D eigenvalue weighted by molar-refractivity contribution is 7.53. The highest BCUT2D eigenvalue weighted by Crippen LogP contribution is 2.47. The standard InChI is InChI=1S/C8H19O5P/c1-3-12-14(10,13-4-2)8-11-7-5-6-9/h9H,3-8H2,1-2H3. The molecule has 0 spiro atoms. The van der Waals surface area contributed by atoms with Gasteiger partial charge in [-0.15, -0.1) is 0 Å². The van der Waals surface area contributed by atoms with E-state index in [-0.39, 0.29) is 13.0 Å². The van der Waals surface area contributed by atoms with Crippen LogP contribution in [0.3, 0.4) is 0 Å². The molecule has 0 rings (SSSR count). The first-order valence-electron chi connectivity index (χ1n) is 4.75. The number of rotatable bonds is 9. The molecule has 0 heterocycles. The van der Waals surface area contributed by atoms with Crippen LogP contribution in [-0.4, -0.2) is 37.9 Å². The first kappa shape index (κ1) is 14.1. The van der Waals surface area contributed by atoms with Gasteiger partial charge in [0.25, 0.3) is 0 Å². The van der Waals surface area contributed by atoms with Crippen LogP contribution in [-0.2, 0) is 18.3 Å². The summed E-state index contributed by atoms with van der Waals surface area (Å²) in [5, 5.41) is 8.49. The topological polar surface area (TPSA) is 65.0 Å². The Morgan fingerprint density at radius 1 is 1.21 bits per heavy atom. The van der Waals surface area contributed by atoms with Crippen LogP contribution in [0.25, 0.3) is 0 Å². The zero-order valence-electron chi connectivity index (χ0n) is 8.77. The molecule has 0 saturated heterocycles. The molecule has 0 saturated carbocycles. The molecule has 5 nitrogen and oxygen atoms in total. The Labute approximate surface area is 84.9 Å². The number of aliphatic hydroxyl groups is 1. The van der Waals surface area contributed by atoms with E-state index in [2.05, 4.69) is 0 Å². The van der Waals surface area contributed by atoms with Crippen LogP contribution in [0.4, 0.5) is 0 Å². The molecule has 0 amide bonds. The molecule has 14 heavy (non-hydrogen) atoms. The largest absolute Gasteiger partial charge is 0.396 e. The molecule has 0 bridgehead atoms. The molecule has 0 atom stereocenters. The fourth-order valence-electron chi connectivity index (χ4n) is 0.848. The highest BCUT2D eigenvalue weighted by atomic mass is 31.2. The van der Waals surface area contributed by atoms with E-state index in [0.29, 0.717) is 26.2 Å². The van der Waals surface area contributed by atoms with E-state index < -0.39 is 7.60 Å². The minimum absolute atomic E-state index is 0.0469. The minimum atomic E-state index is -3.06. The molecule has 0 unspecified atom stereocenters. The van der Waals surface area contributed by atoms with Crippen molar-refractivity contribution in [2.24, 2.45) is 0 Å². The van der Waals surface area contributed by atoms with Crippen molar-refractivity contribution in [3.8, 4) is 0 Å². The molecule has 0 aliphatic rings. The predicted molar refractivity (Wildman–Crippen MR) is 53.4 cm³/mol. The van der Waals surface area contributed by atoms with Crippen molar-refractivity contribution in [1.82, 2.24) is 0 Å². The maximum Gasteiger partial charge on any atom is 0.356 e. The minimum Gasteiger partial charge on any atom is -0.396 e. The molecule has 1 N–H and O–H groups in total. The van der Waals surface area contributed by atoms with Crippen molar-refractivity contribution in [3.05, 3.63) is 0 Å². The number of aliphatic hydroxyl groups excluding tert-OH is 1. The Balaban J connectivity index is 3.78. The molecule has 6 heteroatoms. The van der Waals surface area contributed by atoms with Gasteiger partial charge in [0.15, 0.2) is 0 Å². The Bertz CT molecular complexity index is 163. The van der Waals surface area contributed by atoms with Gasteiger partial charge in [-0.3, -0.25) is 4.57 Å². The normalized spacial score (nSPS) is 11.9. The average molecular weight is 226 g/mol. The number of hydrogen-bond acceptors (Lipinski definition) is 5. The van der Waals surface area contributed by atoms with Crippen molar-refractivity contribution < 1.29 is 23.5 Å². The summed E-state index contributed by atoms with van der Waals surface area (Å²) < 4.78 is 26.8. The summed E-state index contributed by atoms with van der Waals surface area (Å²) in [6.07, 6.45) is 0.479. The van der Waals surface area contributed by atoms with Crippen LogP contribution in [0.15, 0.2) is 0 Å². The van der Waals surface area contributed by atoms with Gasteiger partial charge in [0.05, 0.1) is 13.2 Å². The van der Waals surface area contributed by atoms with Gasteiger partial charge in [0, 0.05) is 13.2 Å². The molecular formula is C8H19O5P. The summed E-state index contributed by atoms with van der Waals surface area (Å²) in [5.74, 6) is 0. The second-order valence-electron chi connectivity index (χ2n) is 2.56. The third kappa shape index (κ3) is 6.51. The SMILES string of the molecule is CCOP(=O)(COCCCO)OCC. The van der Waals surface area contributed by atoms with Crippen molar-refractivity contribution in [2.75, 3.05) is 32.8 Å². The first-order valence-corrected chi connectivity index (χ1v) is 6.48. The molecule has 0 aromatic carbocycles. The van der Waals surface area contributed by atoms with E-state index in [1.54, 1.807) is 13.8 Å². The maximum atomic E-state index is 11.7.